The maximum absolute atomic E-state index is 12.8. The largest absolute Gasteiger partial charge is 0.444 e. The van der Waals surface area contributed by atoms with Crippen LogP contribution in [0.25, 0.3) is 0 Å². The van der Waals surface area contributed by atoms with E-state index in [0.29, 0.717) is 40.1 Å². The van der Waals surface area contributed by atoms with E-state index in [4.69, 9.17) is 19.7 Å². The van der Waals surface area contributed by atoms with Crippen LogP contribution >= 0.6 is 46.2 Å². The molecule has 5 N–H and O–H groups in total. The Hall–Kier alpha value is -5.16. The number of thiazole rings is 2. The summed E-state index contributed by atoms with van der Waals surface area (Å²) in [6.07, 6.45) is 10.3. The molecular formula is C49H64N10O7S4. The molecule has 4 aromatic heterocycles. The molecule has 0 saturated carbocycles. The summed E-state index contributed by atoms with van der Waals surface area (Å²) in [4.78, 5) is 58.2. The number of nitro benzene ring substituents is 1. The molecule has 6 aromatic rings. The van der Waals surface area contributed by atoms with Gasteiger partial charge in [-0.05, 0) is 75.1 Å². The fourth-order valence-corrected chi connectivity index (χ4v) is 11.0. The smallest absolute Gasteiger partial charge is 0.269 e. The van der Waals surface area contributed by atoms with Gasteiger partial charge in [0.25, 0.3) is 5.69 Å². The number of nitrogens with two attached hydrogens (primary N) is 1. The number of benzene rings is 2. The fraction of sp³-hybridized carbons (Fsp3) is 0.469. The first-order valence-electron chi connectivity index (χ1n) is 23.1. The number of nitrogens with one attached hydrogen (secondary N) is 2. The third-order valence-electron chi connectivity index (χ3n) is 11.5. The number of carbonyl (C=O) groups is 2. The van der Waals surface area contributed by atoms with Crippen LogP contribution in [-0.2, 0) is 45.0 Å². The zero-order valence-corrected chi connectivity index (χ0v) is 44.1. The van der Waals surface area contributed by atoms with Crippen molar-refractivity contribution in [3.8, 4) is 0 Å². The number of rotatable bonds is 15. The molecule has 6 heterocycles. The summed E-state index contributed by atoms with van der Waals surface area (Å²) in [5.74, 6) is 4.37. The topological polar surface area (TPSA) is 232 Å². The minimum Gasteiger partial charge on any atom is -0.444 e. The summed E-state index contributed by atoms with van der Waals surface area (Å²) in [5.41, 5.74) is 8.77. The minimum atomic E-state index is -0.376. The highest BCUT2D eigenvalue weighted by Gasteiger charge is 2.28. The lowest BCUT2D eigenvalue weighted by molar-refractivity contribution is -0.384. The molecule has 2 aliphatic heterocycles. The number of hydrogen-bond donors (Lipinski definition) is 4. The molecule has 2 aromatic carbocycles. The van der Waals surface area contributed by atoms with Gasteiger partial charge in [-0.15, -0.1) is 23.5 Å². The van der Waals surface area contributed by atoms with Gasteiger partial charge in [0.05, 0.1) is 49.6 Å². The number of piperidine rings is 2. The number of oxazole rings is 2. The standard InChI is InChI=1S/C24H29N5O4S2.C24H31N5O2S2.CH4O/c1-24(2,3)19-12-25-20(33-19)15-34-21-13-26-23(35-21)27-22(30)17-7-9-28(10-8-17)14-16-5-4-6-18(11-16)29(31)32;1-24(2,3)19-12-26-20(31-19)15-32-21-13-27-23(33-21)28-22(30)17-7-9-29(10-8-17)14-16-5-4-6-18(25)11-16;1-2/h4-6,11-13,17H,7-10,14-15H2,1-3H3,(H,26,27,30);4-6,11-13,17H,7-10,14-15,25H2,1-3H3,(H,27,28,30);2H,1H3. The molecule has 0 bridgehead atoms. The number of hydrogen-bond acceptors (Lipinski definition) is 18. The van der Waals surface area contributed by atoms with Crippen molar-refractivity contribution >= 4 is 79.6 Å². The second-order valence-corrected chi connectivity index (χ2v) is 23.6. The number of aliphatic hydroxyl groups is 1. The predicted octanol–water partition coefficient (Wildman–Crippen LogP) is 10.2. The lowest BCUT2D eigenvalue weighted by atomic mass is 9.94. The molecular weight excluding hydrogens is 969 g/mol. The Balaban J connectivity index is 0.000000222. The third-order valence-corrected chi connectivity index (χ3v) is 15.7. The van der Waals surface area contributed by atoms with E-state index in [1.807, 2.05) is 24.3 Å². The third kappa shape index (κ3) is 16.5. The van der Waals surface area contributed by atoms with E-state index in [1.54, 1.807) is 60.4 Å². The van der Waals surface area contributed by atoms with E-state index >= 15 is 0 Å². The molecule has 2 fully saturated rings. The van der Waals surface area contributed by atoms with Crippen LogP contribution in [0.15, 0.2) is 90.6 Å². The van der Waals surface area contributed by atoms with Crippen LogP contribution in [0.3, 0.4) is 0 Å². The van der Waals surface area contributed by atoms with Gasteiger partial charge in [0.2, 0.25) is 23.6 Å². The monoisotopic (exact) mass is 1030 g/mol. The van der Waals surface area contributed by atoms with Crippen LogP contribution < -0.4 is 16.4 Å². The molecule has 70 heavy (non-hydrogen) atoms. The highest BCUT2D eigenvalue weighted by atomic mass is 32.2. The van der Waals surface area contributed by atoms with Gasteiger partial charge in [0.15, 0.2) is 10.3 Å². The van der Waals surface area contributed by atoms with Gasteiger partial charge in [-0.2, -0.15) is 0 Å². The van der Waals surface area contributed by atoms with Gasteiger partial charge < -0.3 is 30.3 Å². The van der Waals surface area contributed by atoms with Gasteiger partial charge in [-0.25, -0.2) is 19.9 Å². The Kier molecular flexibility index (Phi) is 19.6. The Morgan fingerprint density at radius 1 is 0.714 bits per heavy atom. The maximum atomic E-state index is 12.8. The van der Waals surface area contributed by atoms with E-state index < -0.39 is 0 Å². The van der Waals surface area contributed by atoms with E-state index in [-0.39, 0.29) is 45.1 Å². The number of aliphatic hydroxyl groups excluding tert-OH is 1. The highest BCUT2D eigenvalue weighted by Crippen LogP contribution is 2.34. The molecule has 17 nitrogen and oxygen atoms in total. The number of aromatic nitrogens is 4. The number of anilines is 3. The average Bonchev–Trinajstić information content (AvgIpc) is 4.18. The number of thioether (sulfide) groups is 2. The van der Waals surface area contributed by atoms with Crippen molar-refractivity contribution in [1.82, 2.24) is 29.7 Å². The summed E-state index contributed by atoms with van der Waals surface area (Å²) in [7, 11) is 1.00. The number of nitrogens with zero attached hydrogens (tertiary/aromatic N) is 7. The summed E-state index contributed by atoms with van der Waals surface area (Å²) in [6.45, 7) is 17.4. The molecule has 8 rings (SSSR count). The second-order valence-electron chi connectivity index (χ2n) is 19.0. The molecule has 0 unspecified atom stereocenters. The number of nitro groups is 1. The van der Waals surface area contributed by atoms with Crippen molar-refractivity contribution in [3.63, 3.8) is 0 Å². The number of amides is 2. The average molecular weight is 1030 g/mol. The van der Waals surface area contributed by atoms with E-state index in [9.17, 15) is 19.7 Å². The molecule has 2 aliphatic rings. The molecule has 2 saturated heterocycles. The van der Waals surface area contributed by atoms with Gasteiger partial charge in [0.1, 0.15) is 11.5 Å². The molecule has 0 radical (unpaired) electrons. The first-order chi connectivity index (χ1) is 33.4. The highest BCUT2D eigenvalue weighted by molar-refractivity contribution is 8.00. The first kappa shape index (κ1) is 54.2. The van der Waals surface area contributed by atoms with Crippen molar-refractivity contribution in [2.75, 3.05) is 49.7 Å². The fourth-order valence-electron chi connectivity index (χ4n) is 7.58. The molecule has 0 aliphatic carbocycles. The summed E-state index contributed by atoms with van der Waals surface area (Å²) in [5, 5.41) is 25.2. The van der Waals surface area contributed by atoms with Crippen molar-refractivity contribution in [3.05, 3.63) is 118 Å². The van der Waals surface area contributed by atoms with Gasteiger partial charge in [0, 0.05) is 60.7 Å². The van der Waals surface area contributed by atoms with Crippen LogP contribution in [0.4, 0.5) is 21.6 Å². The number of carbonyl (C=O) groups excluding carboxylic acids is 2. The van der Waals surface area contributed by atoms with E-state index in [2.05, 4.69) is 88.0 Å². The van der Waals surface area contributed by atoms with Crippen molar-refractivity contribution in [2.45, 2.75) is 111 Å². The SMILES string of the molecule is CC(C)(C)c1cnc(CSc2cnc(NC(=O)C3CCN(Cc4cccc(N)c4)CC3)s2)o1.CC(C)(C)c1cnc(CSc2cnc(NC(=O)C3CCN(Cc4cccc([N+](=O)[O-])c4)CC3)s2)o1.CO. The van der Waals surface area contributed by atoms with E-state index in [0.717, 1.165) is 96.7 Å². The van der Waals surface area contributed by atoms with Crippen LogP contribution in [0, 0.1) is 22.0 Å². The lowest BCUT2D eigenvalue weighted by Gasteiger charge is -2.31. The van der Waals surface area contributed by atoms with Gasteiger partial charge in [-0.1, -0.05) is 88.5 Å². The number of likely N-dealkylation sites (tertiary alicyclic amines) is 2. The molecule has 0 atom stereocenters. The second kappa shape index (κ2) is 25.3. The van der Waals surface area contributed by atoms with Crippen molar-refractivity contribution in [2.24, 2.45) is 11.8 Å². The van der Waals surface area contributed by atoms with Gasteiger partial charge in [-0.3, -0.25) is 29.5 Å². The van der Waals surface area contributed by atoms with Crippen LogP contribution in [0.2, 0.25) is 0 Å². The first-order valence-corrected chi connectivity index (χ1v) is 26.7. The Bertz CT molecular complexity index is 2620. The molecule has 21 heteroatoms. The van der Waals surface area contributed by atoms with E-state index in [1.165, 1.54) is 34.3 Å². The predicted molar refractivity (Wildman–Crippen MR) is 279 cm³/mol. The van der Waals surface area contributed by atoms with Gasteiger partial charge >= 0.3 is 0 Å². The minimum absolute atomic E-state index is 0.00609. The zero-order chi connectivity index (χ0) is 50.4. The van der Waals surface area contributed by atoms with Crippen LogP contribution in [0.5, 0.6) is 0 Å². The lowest BCUT2D eigenvalue weighted by Crippen LogP contribution is -2.37. The van der Waals surface area contributed by atoms with Crippen LogP contribution in [-0.4, -0.2) is 84.9 Å². The normalized spacial score (nSPS) is 15.1. The summed E-state index contributed by atoms with van der Waals surface area (Å²) >= 11 is 6.14. The Morgan fingerprint density at radius 2 is 1.14 bits per heavy atom. The maximum Gasteiger partial charge on any atom is 0.269 e. The summed E-state index contributed by atoms with van der Waals surface area (Å²) < 4.78 is 13.7. The summed E-state index contributed by atoms with van der Waals surface area (Å²) in [6, 6.07) is 14.7. The Morgan fingerprint density at radius 3 is 1.54 bits per heavy atom. The quantitative estimate of drug-likeness (QED) is 0.0324. The molecule has 2 amide bonds. The molecule has 0 spiro atoms. The molecule has 376 valence electrons. The zero-order valence-electron chi connectivity index (χ0n) is 40.8. The number of nitrogen functional groups attached to an aromatic ring is 1. The van der Waals surface area contributed by atoms with Crippen molar-refractivity contribution in [1.29, 1.82) is 0 Å². The Labute approximate surface area is 426 Å². The number of non-ortho nitro benzene ring substituents is 1. The van der Waals surface area contributed by atoms with Crippen molar-refractivity contribution < 1.29 is 28.5 Å². The van der Waals surface area contributed by atoms with Crippen LogP contribution in [0.1, 0.15) is 102 Å².